The van der Waals surface area contributed by atoms with E-state index in [4.69, 9.17) is 0 Å². The van der Waals surface area contributed by atoms with Gasteiger partial charge in [-0.3, -0.25) is 15.0 Å². The number of amides is 1. The van der Waals surface area contributed by atoms with E-state index in [2.05, 4.69) is 67.2 Å². The van der Waals surface area contributed by atoms with Crippen molar-refractivity contribution in [2.45, 2.75) is 59.4 Å². The fraction of sp³-hybridized carbons (Fsp3) is 0.500. The number of thiazole rings is 1. The highest BCUT2D eigenvalue weighted by Gasteiger charge is 2.18. The molecule has 0 radical (unpaired) electrons. The summed E-state index contributed by atoms with van der Waals surface area (Å²) in [6.07, 6.45) is 5.96. The summed E-state index contributed by atoms with van der Waals surface area (Å²) in [6.45, 7) is 14.2. The lowest BCUT2D eigenvalue weighted by Gasteiger charge is -2.29. The van der Waals surface area contributed by atoms with Crippen LogP contribution in [0, 0.1) is 12.8 Å². The molecule has 1 aliphatic rings. The maximum Gasteiger partial charge on any atom is 0.250 e. The maximum absolute atomic E-state index is 12.3. The smallest absolute Gasteiger partial charge is 0.250 e. The van der Waals surface area contributed by atoms with Gasteiger partial charge in [0.15, 0.2) is 5.13 Å². The number of anilines is 1. The van der Waals surface area contributed by atoms with Crippen LogP contribution in [-0.4, -0.2) is 28.9 Å². The summed E-state index contributed by atoms with van der Waals surface area (Å²) in [7, 11) is 0. The predicted molar refractivity (Wildman–Crippen MR) is 123 cm³/mol. The number of aromatic nitrogens is 1. The number of piperidine rings is 1. The second-order valence-corrected chi connectivity index (χ2v) is 10.3. The Bertz CT molecular complexity index is 853. The first-order valence-electron chi connectivity index (χ1n) is 10.5. The number of benzene rings is 1. The van der Waals surface area contributed by atoms with Crippen molar-refractivity contribution in [3.8, 4) is 0 Å². The summed E-state index contributed by atoms with van der Waals surface area (Å²) in [5.74, 6) is 0.692. The van der Waals surface area contributed by atoms with Crippen molar-refractivity contribution in [2.24, 2.45) is 5.92 Å². The fourth-order valence-electron chi connectivity index (χ4n) is 3.46. The number of likely N-dealkylation sites (tertiary alicyclic amines) is 1. The molecule has 1 aromatic carbocycles. The number of hydrogen-bond donors (Lipinski definition) is 1. The molecule has 0 saturated carbocycles. The molecule has 4 nitrogen and oxygen atoms in total. The third-order valence-corrected chi connectivity index (χ3v) is 6.63. The second kappa shape index (κ2) is 9.23. The average Bonchev–Trinajstić information content (AvgIpc) is 3.00. The van der Waals surface area contributed by atoms with Gasteiger partial charge in [0, 0.05) is 17.5 Å². The molecular formula is C24H33N3OS. The highest BCUT2D eigenvalue weighted by molar-refractivity contribution is 7.15. The summed E-state index contributed by atoms with van der Waals surface area (Å²) in [6, 6.07) is 8.34. The van der Waals surface area contributed by atoms with Gasteiger partial charge in [-0.25, -0.2) is 4.98 Å². The van der Waals surface area contributed by atoms with Crippen LogP contribution in [0.25, 0.3) is 6.08 Å². The number of hydrogen-bond acceptors (Lipinski definition) is 4. The van der Waals surface area contributed by atoms with Gasteiger partial charge in [0.05, 0.1) is 5.69 Å². The number of rotatable bonds is 5. The van der Waals surface area contributed by atoms with Crippen molar-refractivity contribution in [3.63, 3.8) is 0 Å². The Morgan fingerprint density at radius 3 is 2.52 bits per heavy atom. The zero-order valence-corrected chi connectivity index (χ0v) is 19.1. The number of aryl methyl sites for hydroxylation is 1. The SMILES string of the molecule is Cc1nc(NC(=O)/C=C/c2ccc(C(C)(C)C)cc2)sc1CN1CCC(C)CC1. The monoisotopic (exact) mass is 411 g/mol. The Morgan fingerprint density at radius 1 is 1.24 bits per heavy atom. The van der Waals surface area contributed by atoms with Crippen molar-refractivity contribution in [1.29, 1.82) is 0 Å². The van der Waals surface area contributed by atoms with E-state index in [0.29, 0.717) is 5.13 Å². The molecule has 1 aliphatic heterocycles. The number of nitrogens with one attached hydrogen (secondary N) is 1. The topological polar surface area (TPSA) is 45.2 Å². The van der Waals surface area contributed by atoms with Gasteiger partial charge in [-0.05, 0) is 61.4 Å². The third kappa shape index (κ3) is 6.25. The molecule has 3 rings (SSSR count). The maximum atomic E-state index is 12.3. The zero-order chi connectivity index (χ0) is 21.0. The Labute approximate surface area is 179 Å². The molecule has 1 aromatic heterocycles. The minimum Gasteiger partial charge on any atom is -0.298 e. The lowest BCUT2D eigenvalue weighted by atomic mass is 9.87. The first kappa shape index (κ1) is 21.7. The first-order valence-corrected chi connectivity index (χ1v) is 11.3. The Balaban J connectivity index is 1.56. The molecule has 0 bridgehead atoms. The van der Waals surface area contributed by atoms with E-state index in [0.717, 1.165) is 36.8 Å². The molecular weight excluding hydrogens is 378 g/mol. The van der Waals surface area contributed by atoms with Crippen molar-refractivity contribution in [2.75, 3.05) is 18.4 Å². The average molecular weight is 412 g/mol. The van der Waals surface area contributed by atoms with Gasteiger partial charge in [0.25, 0.3) is 0 Å². The van der Waals surface area contributed by atoms with Crippen LogP contribution >= 0.6 is 11.3 Å². The van der Waals surface area contributed by atoms with Gasteiger partial charge in [-0.15, -0.1) is 11.3 Å². The normalized spacial score (nSPS) is 16.4. The molecule has 29 heavy (non-hydrogen) atoms. The number of carbonyl (C=O) groups is 1. The van der Waals surface area contributed by atoms with Crippen molar-refractivity contribution >= 4 is 28.5 Å². The summed E-state index contributed by atoms with van der Waals surface area (Å²) in [5.41, 5.74) is 3.45. The van der Waals surface area contributed by atoms with Crippen LogP contribution in [0.1, 0.15) is 62.2 Å². The van der Waals surface area contributed by atoms with Crippen LogP contribution in [0.2, 0.25) is 0 Å². The minimum absolute atomic E-state index is 0.131. The van der Waals surface area contributed by atoms with Gasteiger partial charge >= 0.3 is 0 Å². The molecule has 0 aliphatic carbocycles. The highest BCUT2D eigenvalue weighted by atomic mass is 32.1. The molecule has 1 N–H and O–H groups in total. The molecule has 1 fully saturated rings. The Hall–Kier alpha value is -1.98. The van der Waals surface area contributed by atoms with E-state index in [9.17, 15) is 4.79 Å². The molecule has 0 atom stereocenters. The van der Waals surface area contributed by atoms with Crippen LogP contribution in [0.15, 0.2) is 30.3 Å². The number of carbonyl (C=O) groups excluding carboxylic acids is 1. The quantitative estimate of drug-likeness (QED) is 0.648. The standard InChI is InChI=1S/C24H33N3OS/c1-17-12-14-27(15-13-17)16-21-18(2)25-23(29-21)26-22(28)11-8-19-6-9-20(10-7-19)24(3,4)5/h6-11,17H,12-16H2,1-5H3,(H,25,26,28)/b11-8+. The molecule has 1 amide bonds. The van der Waals surface area contributed by atoms with Gasteiger partial charge < -0.3 is 0 Å². The number of nitrogens with zero attached hydrogens (tertiary/aromatic N) is 2. The lowest BCUT2D eigenvalue weighted by Crippen LogP contribution is -2.32. The van der Waals surface area contributed by atoms with E-state index < -0.39 is 0 Å². The van der Waals surface area contributed by atoms with Crippen molar-refractivity contribution < 1.29 is 4.79 Å². The van der Waals surface area contributed by atoms with Crippen LogP contribution in [0.3, 0.4) is 0 Å². The van der Waals surface area contributed by atoms with E-state index in [-0.39, 0.29) is 11.3 Å². The summed E-state index contributed by atoms with van der Waals surface area (Å²) >= 11 is 1.59. The predicted octanol–water partition coefficient (Wildman–Crippen LogP) is 5.63. The van der Waals surface area contributed by atoms with Gasteiger partial charge in [-0.1, -0.05) is 52.0 Å². The summed E-state index contributed by atoms with van der Waals surface area (Å²) < 4.78 is 0. The van der Waals surface area contributed by atoms with Crippen molar-refractivity contribution in [1.82, 2.24) is 9.88 Å². The fourth-order valence-corrected chi connectivity index (χ4v) is 4.47. The third-order valence-electron chi connectivity index (χ3n) is 5.57. The zero-order valence-electron chi connectivity index (χ0n) is 18.3. The molecule has 5 heteroatoms. The summed E-state index contributed by atoms with van der Waals surface area (Å²) in [4.78, 5) is 20.6. The van der Waals surface area contributed by atoms with E-state index in [1.165, 1.54) is 23.3 Å². The Kier molecular flexibility index (Phi) is 6.91. The second-order valence-electron chi connectivity index (χ2n) is 9.18. The molecule has 1 saturated heterocycles. The molecule has 0 unspecified atom stereocenters. The van der Waals surface area contributed by atoms with E-state index in [1.54, 1.807) is 17.4 Å². The van der Waals surface area contributed by atoms with Gasteiger partial charge in [-0.2, -0.15) is 0 Å². The summed E-state index contributed by atoms with van der Waals surface area (Å²) in [5, 5.41) is 3.60. The van der Waals surface area contributed by atoms with Gasteiger partial charge in [0.2, 0.25) is 5.91 Å². The minimum atomic E-state index is -0.142. The first-order chi connectivity index (χ1) is 13.7. The van der Waals surface area contributed by atoms with Crippen LogP contribution in [0.4, 0.5) is 5.13 Å². The van der Waals surface area contributed by atoms with Crippen molar-refractivity contribution in [3.05, 3.63) is 52.0 Å². The van der Waals surface area contributed by atoms with E-state index in [1.807, 2.05) is 13.0 Å². The Morgan fingerprint density at radius 2 is 1.90 bits per heavy atom. The molecule has 156 valence electrons. The molecule has 0 spiro atoms. The van der Waals surface area contributed by atoms with Crippen LogP contribution in [-0.2, 0) is 16.8 Å². The lowest BCUT2D eigenvalue weighted by molar-refractivity contribution is -0.111. The molecule has 2 heterocycles. The molecule has 2 aromatic rings. The van der Waals surface area contributed by atoms with E-state index >= 15 is 0 Å². The highest BCUT2D eigenvalue weighted by Crippen LogP contribution is 2.26. The van der Waals surface area contributed by atoms with Crippen LogP contribution < -0.4 is 5.32 Å². The van der Waals surface area contributed by atoms with Crippen LogP contribution in [0.5, 0.6) is 0 Å². The largest absolute Gasteiger partial charge is 0.298 e. The van der Waals surface area contributed by atoms with Gasteiger partial charge in [0.1, 0.15) is 0 Å².